The number of aromatic nitrogens is 4. The van der Waals surface area contributed by atoms with Crippen LogP contribution in [0.15, 0.2) is 24.5 Å². The molecule has 114 valence electrons. The van der Waals surface area contributed by atoms with E-state index in [9.17, 15) is 4.39 Å². The summed E-state index contributed by atoms with van der Waals surface area (Å²) in [5.41, 5.74) is 7.73. The van der Waals surface area contributed by atoms with E-state index in [0.717, 1.165) is 0 Å². The number of hydrogen-bond acceptors (Lipinski definition) is 4. The van der Waals surface area contributed by atoms with Crippen LogP contribution >= 0.6 is 11.6 Å². The number of halogens is 2. The van der Waals surface area contributed by atoms with Gasteiger partial charge in [-0.3, -0.25) is 0 Å². The van der Waals surface area contributed by atoms with E-state index >= 15 is 0 Å². The summed E-state index contributed by atoms with van der Waals surface area (Å²) in [4.78, 5) is 8.27. The van der Waals surface area contributed by atoms with Crippen LogP contribution in [0.1, 0.15) is 31.1 Å². The van der Waals surface area contributed by atoms with Crippen molar-refractivity contribution in [2.75, 3.05) is 5.73 Å². The van der Waals surface area contributed by atoms with Crippen molar-refractivity contribution >= 4 is 28.5 Å². The molecule has 3 rings (SSSR count). The number of nitrogens with two attached hydrogens (primary N) is 1. The summed E-state index contributed by atoms with van der Waals surface area (Å²) in [6, 6.07) is 4.56. The molecule has 2 aromatic heterocycles. The van der Waals surface area contributed by atoms with Gasteiger partial charge >= 0.3 is 0 Å². The molecule has 3 aromatic rings. The fourth-order valence-electron chi connectivity index (χ4n) is 2.41. The SMILES string of the molecule is CC(C)n1nc(Cc2cc(Cl)ccc2F)c2c(N)ncnc21. The van der Waals surface area contributed by atoms with Gasteiger partial charge in [-0.2, -0.15) is 5.10 Å². The van der Waals surface area contributed by atoms with Gasteiger partial charge in [0.15, 0.2) is 5.65 Å². The maximum Gasteiger partial charge on any atom is 0.163 e. The predicted octanol–water partition coefficient (Wildman–Crippen LogP) is 3.37. The molecule has 5 nitrogen and oxygen atoms in total. The zero-order valence-electron chi connectivity index (χ0n) is 12.2. The van der Waals surface area contributed by atoms with E-state index in [1.807, 2.05) is 13.8 Å². The van der Waals surface area contributed by atoms with Crippen molar-refractivity contribution in [3.8, 4) is 0 Å². The van der Waals surface area contributed by atoms with E-state index in [0.29, 0.717) is 33.1 Å². The molecule has 0 spiro atoms. The second-order valence-electron chi connectivity index (χ2n) is 5.36. The molecule has 0 saturated carbocycles. The van der Waals surface area contributed by atoms with Gasteiger partial charge in [0.05, 0.1) is 11.1 Å². The Hall–Kier alpha value is -2.21. The summed E-state index contributed by atoms with van der Waals surface area (Å²) in [7, 11) is 0. The number of nitrogens with zero attached hydrogens (tertiary/aromatic N) is 4. The van der Waals surface area contributed by atoms with Crippen LogP contribution in [0.5, 0.6) is 0 Å². The smallest absolute Gasteiger partial charge is 0.163 e. The van der Waals surface area contributed by atoms with E-state index in [1.54, 1.807) is 10.7 Å². The molecular weight excluding hydrogens is 305 g/mol. The van der Waals surface area contributed by atoms with Crippen LogP contribution < -0.4 is 5.73 Å². The number of hydrogen-bond donors (Lipinski definition) is 1. The van der Waals surface area contributed by atoms with Crippen LogP contribution in [0.4, 0.5) is 10.2 Å². The summed E-state index contributed by atoms with van der Waals surface area (Å²) in [5, 5.41) is 5.68. The van der Waals surface area contributed by atoms with Gasteiger partial charge in [0, 0.05) is 17.5 Å². The molecule has 0 aliphatic rings. The molecule has 2 heterocycles. The fourth-order valence-corrected chi connectivity index (χ4v) is 2.61. The van der Waals surface area contributed by atoms with Gasteiger partial charge in [-0.25, -0.2) is 19.0 Å². The molecule has 0 amide bonds. The van der Waals surface area contributed by atoms with Crippen LogP contribution in [0.3, 0.4) is 0 Å². The van der Waals surface area contributed by atoms with Crippen LogP contribution in [0, 0.1) is 5.82 Å². The van der Waals surface area contributed by atoms with E-state index in [4.69, 9.17) is 17.3 Å². The third kappa shape index (κ3) is 2.50. The van der Waals surface area contributed by atoms with Crippen LogP contribution in [-0.4, -0.2) is 19.7 Å². The fraction of sp³-hybridized carbons (Fsp3) is 0.267. The topological polar surface area (TPSA) is 69.6 Å². The molecule has 0 unspecified atom stereocenters. The average Bonchev–Trinajstić information content (AvgIpc) is 2.83. The molecule has 0 radical (unpaired) electrons. The van der Waals surface area contributed by atoms with Crippen molar-refractivity contribution in [2.24, 2.45) is 0 Å². The minimum absolute atomic E-state index is 0.106. The Balaban J connectivity index is 2.17. The summed E-state index contributed by atoms with van der Waals surface area (Å²) in [5.74, 6) is 0.0152. The molecule has 0 saturated heterocycles. The van der Waals surface area contributed by atoms with E-state index in [2.05, 4.69) is 15.1 Å². The van der Waals surface area contributed by atoms with E-state index < -0.39 is 0 Å². The molecule has 2 N–H and O–H groups in total. The summed E-state index contributed by atoms with van der Waals surface area (Å²) < 4.78 is 15.7. The first kappa shape index (κ1) is 14.7. The molecule has 0 aliphatic carbocycles. The highest BCUT2D eigenvalue weighted by Crippen LogP contribution is 2.27. The van der Waals surface area contributed by atoms with Crippen molar-refractivity contribution in [3.05, 3.63) is 46.6 Å². The first-order valence-corrected chi connectivity index (χ1v) is 7.26. The molecule has 7 heteroatoms. The van der Waals surface area contributed by atoms with Crippen molar-refractivity contribution in [1.29, 1.82) is 0 Å². The van der Waals surface area contributed by atoms with Crippen molar-refractivity contribution in [1.82, 2.24) is 19.7 Å². The average molecular weight is 320 g/mol. The van der Waals surface area contributed by atoms with Crippen LogP contribution in [-0.2, 0) is 6.42 Å². The lowest BCUT2D eigenvalue weighted by molar-refractivity contribution is 0.539. The molecular formula is C15H15ClFN5. The number of rotatable bonds is 3. The highest BCUT2D eigenvalue weighted by molar-refractivity contribution is 6.30. The lowest BCUT2D eigenvalue weighted by Crippen LogP contribution is -2.04. The molecule has 0 aliphatic heterocycles. The monoisotopic (exact) mass is 319 g/mol. The maximum absolute atomic E-state index is 14.0. The minimum atomic E-state index is -0.327. The predicted molar refractivity (Wildman–Crippen MR) is 84.3 cm³/mol. The number of anilines is 1. The third-order valence-corrected chi connectivity index (χ3v) is 3.68. The highest BCUT2D eigenvalue weighted by atomic mass is 35.5. The normalized spacial score (nSPS) is 11.5. The van der Waals surface area contributed by atoms with Gasteiger partial charge in [-0.1, -0.05) is 11.6 Å². The summed E-state index contributed by atoms with van der Waals surface area (Å²) in [6.07, 6.45) is 1.68. The maximum atomic E-state index is 14.0. The van der Waals surface area contributed by atoms with Gasteiger partial charge in [-0.05, 0) is 37.6 Å². The Morgan fingerprint density at radius 3 is 2.82 bits per heavy atom. The summed E-state index contributed by atoms with van der Waals surface area (Å²) in [6.45, 7) is 3.99. The van der Waals surface area contributed by atoms with Gasteiger partial charge in [0.2, 0.25) is 0 Å². The van der Waals surface area contributed by atoms with Crippen molar-refractivity contribution < 1.29 is 4.39 Å². The minimum Gasteiger partial charge on any atom is -0.383 e. The Bertz CT molecular complexity index is 843. The van der Waals surface area contributed by atoms with Gasteiger partial charge in [0.25, 0.3) is 0 Å². The van der Waals surface area contributed by atoms with Gasteiger partial charge in [0.1, 0.15) is 18.0 Å². The summed E-state index contributed by atoms with van der Waals surface area (Å²) >= 11 is 5.95. The molecule has 1 aromatic carbocycles. The zero-order chi connectivity index (χ0) is 15.9. The van der Waals surface area contributed by atoms with Crippen molar-refractivity contribution in [3.63, 3.8) is 0 Å². The molecule has 22 heavy (non-hydrogen) atoms. The highest BCUT2D eigenvalue weighted by Gasteiger charge is 2.18. The molecule has 0 atom stereocenters. The first-order chi connectivity index (χ1) is 10.5. The van der Waals surface area contributed by atoms with Gasteiger partial charge < -0.3 is 5.73 Å². The third-order valence-electron chi connectivity index (χ3n) is 3.45. The molecule has 0 bridgehead atoms. The van der Waals surface area contributed by atoms with Crippen LogP contribution in [0.25, 0.3) is 11.0 Å². The standard InChI is InChI=1S/C15H15ClFN5/c1-8(2)22-15-13(14(18)19-7-20-15)12(21-22)6-9-5-10(16)3-4-11(9)17/h3-5,7-8H,6H2,1-2H3,(H2,18,19,20). The number of benzene rings is 1. The second-order valence-corrected chi connectivity index (χ2v) is 5.79. The lowest BCUT2D eigenvalue weighted by atomic mass is 10.1. The molecule has 0 fully saturated rings. The van der Waals surface area contributed by atoms with Crippen molar-refractivity contribution in [2.45, 2.75) is 26.3 Å². The van der Waals surface area contributed by atoms with E-state index in [1.165, 1.54) is 18.5 Å². The number of fused-ring (bicyclic) bond motifs is 1. The Morgan fingerprint density at radius 2 is 2.09 bits per heavy atom. The lowest BCUT2D eigenvalue weighted by Gasteiger charge is -2.05. The quantitative estimate of drug-likeness (QED) is 0.803. The van der Waals surface area contributed by atoms with Crippen LogP contribution in [0.2, 0.25) is 5.02 Å². The Labute approximate surface area is 131 Å². The largest absolute Gasteiger partial charge is 0.383 e. The zero-order valence-corrected chi connectivity index (χ0v) is 13.0. The second kappa shape index (κ2) is 5.53. The van der Waals surface area contributed by atoms with Gasteiger partial charge in [-0.15, -0.1) is 0 Å². The first-order valence-electron chi connectivity index (χ1n) is 6.89. The van der Waals surface area contributed by atoms with E-state index in [-0.39, 0.29) is 18.3 Å². The Kier molecular flexibility index (Phi) is 3.70. The number of nitrogen functional groups attached to an aromatic ring is 1. The Morgan fingerprint density at radius 1 is 1.32 bits per heavy atom.